The predicted molar refractivity (Wildman–Crippen MR) is 147 cm³/mol. The third kappa shape index (κ3) is 5.55. The average molecular weight is 649 g/mol. The number of rotatable bonds is 5. The fourth-order valence-corrected chi connectivity index (χ4v) is 4.94. The molecule has 2 heterocycles. The third-order valence-electron chi connectivity index (χ3n) is 5.60. The van der Waals surface area contributed by atoms with E-state index in [0.29, 0.717) is 3.57 Å². The van der Waals surface area contributed by atoms with Gasteiger partial charge in [0, 0.05) is 23.2 Å². The van der Waals surface area contributed by atoms with Crippen LogP contribution in [0.25, 0.3) is 16.6 Å². The first kappa shape index (κ1) is 29.1. The molecular formula is C23H22FIN5NaO5S. The van der Waals surface area contributed by atoms with E-state index in [9.17, 15) is 27.2 Å². The van der Waals surface area contributed by atoms with Crippen molar-refractivity contribution >= 4 is 60.7 Å². The number of nitrogens with one attached hydrogen (secondary N) is 2. The maximum absolute atomic E-state index is 14.7. The molecule has 2 aromatic heterocycles. The zero-order valence-electron chi connectivity index (χ0n) is 21.6. The minimum Gasteiger partial charge on any atom is -1.00 e. The first-order valence-electron chi connectivity index (χ1n) is 10.5. The molecule has 0 amide bonds. The van der Waals surface area contributed by atoms with Gasteiger partial charge in [-0.3, -0.25) is 28.0 Å². The van der Waals surface area contributed by atoms with Crippen LogP contribution in [-0.4, -0.2) is 28.4 Å². The Labute approximate surface area is 248 Å². The molecule has 0 saturated heterocycles. The number of nitrogens with zero attached hydrogens (tertiary/aromatic N) is 3. The number of hydrogen-bond donors (Lipinski definition) is 2. The zero-order chi connectivity index (χ0) is 26.5. The molecule has 2 N–H and O–H groups in total. The SMILES string of the molecule is Cc1c(=O)n(C)c(Nc2ccc(I)cc2F)c2c(=O)n(C)c(=O)n(-c3cccc(NS(C)(=O)=O)c3)c12.[H-].[Na+]. The molecule has 0 saturated carbocycles. The molecule has 190 valence electrons. The van der Waals surface area contributed by atoms with Crippen molar-refractivity contribution in [3.05, 3.63) is 88.6 Å². The number of aromatic nitrogens is 3. The molecule has 0 aliphatic carbocycles. The maximum atomic E-state index is 14.7. The first-order valence-corrected chi connectivity index (χ1v) is 13.4. The molecule has 0 bridgehead atoms. The summed E-state index contributed by atoms with van der Waals surface area (Å²) in [6.45, 7) is 1.48. The van der Waals surface area contributed by atoms with Crippen molar-refractivity contribution < 1.29 is 43.8 Å². The Morgan fingerprint density at radius 1 is 1.00 bits per heavy atom. The van der Waals surface area contributed by atoms with Crippen LogP contribution in [0.3, 0.4) is 0 Å². The molecule has 37 heavy (non-hydrogen) atoms. The summed E-state index contributed by atoms with van der Waals surface area (Å²) >= 11 is 1.96. The molecule has 0 atom stereocenters. The Bertz CT molecular complexity index is 1860. The van der Waals surface area contributed by atoms with Crippen LogP contribution in [0.4, 0.5) is 21.6 Å². The first-order chi connectivity index (χ1) is 16.8. The van der Waals surface area contributed by atoms with E-state index in [1.165, 1.54) is 55.9 Å². The van der Waals surface area contributed by atoms with Crippen LogP contribution in [0.2, 0.25) is 0 Å². The summed E-state index contributed by atoms with van der Waals surface area (Å²) in [5.74, 6) is -0.590. The summed E-state index contributed by atoms with van der Waals surface area (Å²) in [4.78, 5) is 39.9. The summed E-state index contributed by atoms with van der Waals surface area (Å²) in [7, 11) is -0.880. The molecule has 0 spiro atoms. The molecule has 2 aromatic carbocycles. The maximum Gasteiger partial charge on any atom is 1.00 e. The van der Waals surface area contributed by atoms with Gasteiger partial charge in [0.05, 0.1) is 28.8 Å². The van der Waals surface area contributed by atoms with Gasteiger partial charge in [-0.2, -0.15) is 0 Å². The largest absolute Gasteiger partial charge is 1.00 e. The number of aryl methyl sites for hydroxylation is 1. The van der Waals surface area contributed by atoms with Crippen LogP contribution in [0.15, 0.2) is 56.8 Å². The third-order valence-corrected chi connectivity index (χ3v) is 6.88. The summed E-state index contributed by atoms with van der Waals surface area (Å²) in [5, 5.41) is 2.83. The van der Waals surface area contributed by atoms with Crippen molar-refractivity contribution in [3.63, 3.8) is 0 Å². The Balaban J connectivity index is 0.00000253. The molecule has 4 rings (SSSR count). The smallest absolute Gasteiger partial charge is 1.00 e. The van der Waals surface area contributed by atoms with Crippen molar-refractivity contribution in [1.82, 2.24) is 13.7 Å². The van der Waals surface area contributed by atoms with Gasteiger partial charge in [0.15, 0.2) is 0 Å². The van der Waals surface area contributed by atoms with Gasteiger partial charge in [-0.05, 0) is 65.9 Å². The van der Waals surface area contributed by atoms with Crippen molar-refractivity contribution in [3.8, 4) is 5.69 Å². The van der Waals surface area contributed by atoms with Crippen LogP contribution >= 0.6 is 22.6 Å². The van der Waals surface area contributed by atoms with E-state index < -0.39 is 32.6 Å². The second-order valence-electron chi connectivity index (χ2n) is 8.22. The molecule has 0 aliphatic rings. The van der Waals surface area contributed by atoms with Gasteiger partial charge in [-0.1, -0.05) is 6.07 Å². The van der Waals surface area contributed by atoms with Crippen LogP contribution in [0, 0.1) is 16.3 Å². The second-order valence-corrected chi connectivity index (χ2v) is 11.2. The van der Waals surface area contributed by atoms with E-state index in [0.717, 1.165) is 15.4 Å². The standard InChI is InChI=1S/C23H21FIN5O5S.Na.H/c1-12-19-18(20(28(2)21(12)31)26-17-9-8-13(25)10-16(17)24)22(32)29(3)23(33)30(19)15-7-5-6-14(11-15)27-36(4,34)35;;/h5-11,26-27H,1-4H3;;/q;+1;-1. The number of sulfonamides is 1. The van der Waals surface area contributed by atoms with Gasteiger partial charge < -0.3 is 6.74 Å². The molecular weight excluding hydrogens is 627 g/mol. The van der Waals surface area contributed by atoms with Crippen molar-refractivity contribution in [2.45, 2.75) is 6.92 Å². The second kappa shape index (κ2) is 10.7. The van der Waals surface area contributed by atoms with Gasteiger partial charge >= 0.3 is 35.2 Å². The molecule has 0 unspecified atom stereocenters. The predicted octanol–water partition coefficient (Wildman–Crippen LogP) is -0.328. The molecule has 0 radical (unpaired) electrons. The number of halogens is 2. The number of benzene rings is 2. The molecule has 4 aromatic rings. The molecule has 10 nitrogen and oxygen atoms in total. The van der Waals surface area contributed by atoms with Crippen molar-refractivity contribution in [1.29, 1.82) is 0 Å². The van der Waals surface area contributed by atoms with E-state index >= 15 is 0 Å². The Morgan fingerprint density at radius 2 is 1.68 bits per heavy atom. The topological polar surface area (TPSA) is 124 Å². The minimum atomic E-state index is -3.60. The van der Waals surface area contributed by atoms with Gasteiger partial charge in [-0.25, -0.2) is 17.6 Å². The van der Waals surface area contributed by atoms with Crippen LogP contribution < -0.4 is 56.4 Å². The summed E-state index contributed by atoms with van der Waals surface area (Å²) in [6.07, 6.45) is 0.989. The quantitative estimate of drug-likeness (QED) is 0.226. The molecule has 14 heteroatoms. The number of fused-ring (bicyclic) bond motifs is 1. The van der Waals surface area contributed by atoms with Crippen LogP contribution in [-0.2, 0) is 24.1 Å². The number of anilines is 3. The number of pyridine rings is 1. The zero-order valence-corrected chi connectivity index (χ0v) is 25.6. The Kier molecular flexibility index (Phi) is 8.44. The van der Waals surface area contributed by atoms with E-state index in [4.69, 9.17) is 0 Å². The van der Waals surface area contributed by atoms with E-state index in [1.54, 1.807) is 12.1 Å². The van der Waals surface area contributed by atoms with Crippen LogP contribution in [0.1, 0.15) is 6.99 Å². The fourth-order valence-electron chi connectivity index (χ4n) is 3.93. The van der Waals surface area contributed by atoms with Crippen molar-refractivity contribution in [2.75, 3.05) is 16.3 Å². The monoisotopic (exact) mass is 649 g/mol. The molecule has 0 aliphatic heterocycles. The summed E-state index contributed by atoms with van der Waals surface area (Å²) < 4.78 is 44.3. The van der Waals surface area contributed by atoms with Gasteiger partial charge in [0.25, 0.3) is 11.1 Å². The fraction of sp³-hybridized carbons (Fsp3) is 0.174. The Morgan fingerprint density at radius 3 is 2.30 bits per heavy atom. The minimum absolute atomic E-state index is 0. The summed E-state index contributed by atoms with van der Waals surface area (Å²) in [6, 6.07) is 10.4. The number of hydrogen-bond acceptors (Lipinski definition) is 6. The van der Waals surface area contributed by atoms with E-state index in [-0.39, 0.29) is 70.3 Å². The van der Waals surface area contributed by atoms with Gasteiger partial charge in [0.1, 0.15) is 17.0 Å². The van der Waals surface area contributed by atoms with Gasteiger partial charge in [0.2, 0.25) is 10.0 Å². The molecule has 0 fully saturated rings. The Hall–Kier alpha value is -2.46. The summed E-state index contributed by atoms with van der Waals surface area (Å²) in [5.41, 5.74) is -1.37. The van der Waals surface area contributed by atoms with E-state index in [1.807, 2.05) is 22.6 Å². The van der Waals surface area contributed by atoms with Gasteiger partial charge in [-0.15, -0.1) is 0 Å². The van der Waals surface area contributed by atoms with Crippen molar-refractivity contribution in [2.24, 2.45) is 14.1 Å². The normalized spacial score (nSPS) is 11.3. The van der Waals surface area contributed by atoms with E-state index in [2.05, 4.69) is 10.0 Å². The average Bonchev–Trinajstić information content (AvgIpc) is 2.79. The van der Waals surface area contributed by atoms with Crippen LogP contribution in [0.5, 0.6) is 0 Å².